The molecule has 1 aromatic heterocycles. The van der Waals surface area contributed by atoms with Crippen molar-refractivity contribution in [3.05, 3.63) is 61.9 Å². The Morgan fingerprint density at radius 3 is 2.67 bits per heavy atom. The molecule has 0 radical (unpaired) electrons. The third-order valence-corrected chi connectivity index (χ3v) is 3.75. The van der Waals surface area contributed by atoms with Crippen LogP contribution in [0.2, 0.25) is 5.02 Å². The Hall–Kier alpha value is -1.85. The minimum absolute atomic E-state index is 0.000511. The Kier molecular flexibility index (Phi) is 3.47. The van der Waals surface area contributed by atoms with E-state index in [9.17, 15) is 14.3 Å². The molecular weight excluding hydrogens is 363 g/mol. The number of phenolic OH excluding ortho intramolecular Hbond substituents is 1. The van der Waals surface area contributed by atoms with E-state index in [1.165, 1.54) is 12.1 Å². The normalized spacial score (nSPS) is 11.0. The molecule has 0 unspecified atom stereocenters. The maximum Gasteiger partial charge on any atom is 0.193 e. The summed E-state index contributed by atoms with van der Waals surface area (Å²) in [7, 11) is 0. The monoisotopic (exact) mass is 368 g/mol. The van der Waals surface area contributed by atoms with Gasteiger partial charge in [0.15, 0.2) is 11.0 Å². The largest absolute Gasteiger partial charge is 0.507 e. The molecule has 6 heteroatoms. The highest BCUT2D eigenvalue weighted by atomic mass is 79.9. The standard InChI is InChI=1S/C15H7BrClFO3/c16-7-1-2-9(12(19)3-7)14-6-13(20)10-4-8(18)5-11(17)15(10)21-14/h1-6,19H. The smallest absolute Gasteiger partial charge is 0.193 e. The van der Waals surface area contributed by atoms with Crippen molar-refractivity contribution in [3.8, 4) is 17.1 Å². The summed E-state index contributed by atoms with van der Waals surface area (Å²) in [6.07, 6.45) is 0. The van der Waals surface area contributed by atoms with E-state index in [0.29, 0.717) is 10.0 Å². The highest BCUT2D eigenvalue weighted by Crippen LogP contribution is 2.33. The second-order valence-electron chi connectivity index (χ2n) is 4.40. The molecular formula is C15H7BrClFO3. The molecule has 3 nitrogen and oxygen atoms in total. The summed E-state index contributed by atoms with van der Waals surface area (Å²) in [4.78, 5) is 12.1. The third-order valence-electron chi connectivity index (χ3n) is 2.97. The topological polar surface area (TPSA) is 50.4 Å². The highest BCUT2D eigenvalue weighted by Gasteiger charge is 2.14. The van der Waals surface area contributed by atoms with E-state index in [1.807, 2.05) is 0 Å². The van der Waals surface area contributed by atoms with Crippen LogP contribution in [-0.2, 0) is 0 Å². The number of halogens is 3. The first-order chi connectivity index (χ1) is 9.95. The van der Waals surface area contributed by atoms with E-state index in [2.05, 4.69) is 15.9 Å². The van der Waals surface area contributed by atoms with Gasteiger partial charge in [0.05, 0.1) is 16.0 Å². The van der Waals surface area contributed by atoms with Crippen LogP contribution in [0.1, 0.15) is 0 Å². The molecule has 0 bridgehead atoms. The van der Waals surface area contributed by atoms with Gasteiger partial charge in [0.2, 0.25) is 0 Å². The lowest BCUT2D eigenvalue weighted by molar-refractivity contribution is 0.474. The minimum Gasteiger partial charge on any atom is -0.507 e. The lowest BCUT2D eigenvalue weighted by atomic mass is 10.1. The SMILES string of the molecule is O=c1cc(-c2ccc(Br)cc2O)oc2c(Cl)cc(F)cc12. The van der Waals surface area contributed by atoms with Crippen molar-refractivity contribution in [3.63, 3.8) is 0 Å². The molecule has 0 amide bonds. The summed E-state index contributed by atoms with van der Waals surface area (Å²) >= 11 is 9.14. The van der Waals surface area contributed by atoms with Crippen LogP contribution in [-0.4, -0.2) is 5.11 Å². The van der Waals surface area contributed by atoms with E-state index < -0.39 is 11.2 Å². The van der Waals surface area contributed by atoms with Crippen LogP contribution in [0, 0.1) is 5.82 Å². The Labute approximate surface area is 131 Å². The van der Waals surface area contributed by atoms with Crippen LogP contribution in [0.25, 0.3) is 22.3 Å². The Bertz CT molecular complexity index is 921. The van der Waals surface area contributed by atoms with Gasteiger partial charge in [0.25, 0.3) is 0 Å². The molecule has 0 fully saturated rings. The predicted octanol–water partition coefficient (Wildman–Crippen LogP) is 4.72. The van der Waals surface area contributed by atoms with E-state index in [1.54, 1.807) is 12.1 Å². The number of benzene rings is 2. The zero-order chi connectivity index (χ0) is 15.1. The number of hydrogen-bond acceptors (Lipinski definition) is 3. The van der Waals surface area contributed by atoms with Crippen molar-refractivity contribution in [2.45, 2.75) is 0 Å². The first kappa shape index (κ1) is 14.1. The van der Waals surface area contributed by atoms with Crippen LogP contribution < -0.4 is 5.43 Å². The molecule has 0 spiro atoms. The first-order valence-electron chi connectivity index (χ1n) is 5.87. The molecule has 0 aliphatic rings. The van der Waals surface area contributed by atoms with Gasteiger partial charge in [-0.2, -0.15) is 0 Å². The van der Waals surface area contributed by atoms with Crippen LogP contribution in [0.4, 0.5) is 4.39 Å². The fourth-order valence-corrected chi connectivity index (χ4v) is 2.62. The molecule has 3 aromatic rings. The Morgan fingerprint density at radius 2 is 1.95 bits per heavy atom. The van der Waals surface area contributed by atoms with Gasteiger partial charge in [0, 0.05) is 10.5 Å². The Morgan fingerprint density at radius 1 is 1.19 bits per heavy atom. The minimum atomic E-state index is -0.612. The van der Waals surface area contributed by atoms with E-state index >= 15 is 0 Å². The number of aromatic hydroxyl groups is 1. The first-order valence-corrected chi connectivity index (χ1v) is 7.04. The quantitative estimate of drug-likeness (QED) is 0.675. The van der Waals surface area contributed by atoms with Gasteiger partial charge in [-0.05, 0) is 30.3 Å². The van der Waals surface area contributed by atoms with Gasteiger partial charge in [0.1, 0.15) is 17.3 Å². The van der Waals surface area contributed by atoms with Crippen molar-refractivity contribution >= 4 is 38.5 Å². The Balaban J connectivity index is 2.33. The highest BCUT2D eigenvalue weighted by molar-refractivity contribution is 9.10. The lowest BCUT2D eigenvalue weighted by Crippen LogP contribution is -2.01. The molecule has 0 aliphatic carbocycles. The van der Waals surface area contributed by atoms with Gasteiger partial charge in [-0.1, -0.05) is 27.5 Å². The lowest BCUT2D eigenvalue weighted by Gasteiger charge is -2.07. The molecule has 0 atom stereocenters. The second kappa shape index (κ2) is 5.16. The van der Waals surface area contributed by atoms with Crippen molar-refractivity contribution in [2.24, 2.45) is 0 Å². The number of fused-ring (bicyclic) bond motifs is 1. The van der Waals surface area contributed by atoms with Gasteiger partial charge < -0.3 is 9.52 Å². The molecule has 1 heterocycles. The zero-order valence-electron chi connectivity index (χ0n) is 10.4. The van der Waals surface area contributed by atoms with Crippen LogP contribution >= 0.6 is 27.5 Å². The van der Waals surface area contributed by atoms with Crippen molar-refractivity contribution < 1.29 is 13.9 Å². The summed E-state index contributed by atoms with van der Waals surface area (Å²) in [5.74, 6) is -0.504. The van der Waals surface area contributed by atoms with Crippen molar-refractivity contribution in [1.29, 1.82) is 0 Å². The predicted molar refractivity (Wildman–Crippen MR) is 82.3 cm³/mol. The molecule has 106 valence electrons. The van der Waals surface area contributed by atoms with E-state index in [-0.39, 0.29) is 27.5 Å². The average Bonchev–Trinajstić information content (AvgIpc) is 2.40. The summed E-state index contributed by atoms with van der Waals surface area (Å²) in [5.41, 5.74) is -0.00422. The maximum atomic E-state index is 13.3. The molecule has 1 N–H and O–H groups in total. The molecule has 0 saturated heterocycles. The van der Waals surface area contributed by atoms with Crippen LogP contribution in [0.15, 0.2) is 50.1 Å². The third kappa shape index (κ3) is 2.54. The summed E-state index contributed by atoms with van der Waals surface area (Å²) in [6, 6.07) is 8.11. The molecule has 3 rings (SSSR count). The fourth-order valence-electron chi connectivity index (χ4n) is 2.03. The van der Waals surface area contributed by atoms with Gasteiger partial charge in [-0.3, -0.25) is 4.79 Å². The number of phenols is 1. The van der Waals surface area contributed by atoms with E-state index in [0.717, 1.165) is 12.1 Å². The second-order valence-corrected chi connectivity index (χ2v) is 5.72. The number of rotatable bonds is 1. The molecule has 0 saturated carbocycles. The maximum absolute atomic E-state index is 13.3. The molecule has 0 aliphatic heterocycles. The fraction of sp³-hybridized carbons (Fsp3) is 0. The summed E-state index contributed by atoms with van der Waals surface area (Å²) in [6.45, 7) is 0. The van der Waals surface area contributed by atoms with Gasteiger partial charge in [-0.25, -0.2) is 4.39 Å². The zero-order valence-corrected chi connectivity index (χ0v) is 12.7. The van der Waals surface area contributed by atoms with E-state index in [4.69, 9.17) is 16.0 Å². The average molecular weight is 370 g/mol. The molecule has 2 aromatic carbocycles. The summed E-state index contributed by atoms with van der Waals surface area (Å²) in [5, 5.41) is 9.99. The van der Waals surface area contributed by atoms with Gasteiger partial charge >= 0.3 is 0 Å². The van der Waals surface area contributed by atoms with Crippen LogP contribution in [0.5, 0.6) is 5.75 Å². The summed E-state index contributed by atoms with van der Waals surface area (Å²) < 4.78 is 19.5. The number of hydrogen-bond donors (Lipinski definition) is 1. The van der Waals surface area contributed by atoms with Crippen molar-refractivity contribution in [1.82, 2.24) is 0 Å². The molecule has 21 heavy (non-hydrogen) atoms. The van der Waals surface area contributed by atoms with Gasteiger partial charge in [-0.15, -0.1) is 0 Å². The van der Waals surface area contributed by atoms with Crippen molar-refractivity contribution in [2.75, 3.05) is 0 Å². The van der Waals surface area contributed by atoms with Crippen LogP contribution in [0.3, 0.4) is 0 Å².